The largest absolute Gasteiger partial charge is 0.394 e. The normalized spacial score (nSPS) is 25.4. The molecule has 1 fully saturated rings. The minimum Gasteiger partial charge on any atom is -0.394 e. The molecule has 0 aliphatic carbocycles. The van der Waals surface area contributed by atoms with Gasteiger partial charge < -0.3 is 25.4 Å². The number of hydrogen-bond acceptors (Lipinski definition) is 8. The van der Waals surface area contributed by atoms with Crippen molar-refractivity contribution >= 4 is 17.0 Å². The molecule has 1 aliphatic heterocycles. The van der Waals surface area contributed by atoms with Gasteiger partial charge in [0.15, 0.2) is 23.2 Å². The maximum atomic E-state index is 10.3. The summed E-state index contributed by atoms with van der Waals surface area (Å²) in [7, 11) is 0. The first-order chi connectivity index (χ1) is 14.1. The number of aliphatic hydroxyl groups is 3. The molecule has 2 unspecified atom stereocenters. The van der Waals surface area contributed by atoms with Crippen molar-refractivity contribution < 1.29 is 20.1 Å². The molecule has 29 heavy (non-hydrogen) atoms. The molecule has 154 valence electrons. The lowest BCUT2D eigenvalue weighted by Crippen LogP contribution is -2.33. The molecule has 0 amide bonds. The number of benzene rings is 1. The smallest absolute Gasteiger partial charge is 0.167 e. The molecule has 9 heteroatoms. The van der Waals surface area contributed by atoms with Crippen LogP contribution in [0.4, 0.5) is 5.82 Å². The predicted molar refractivity (Wildman–Crippen MR) is 106 cm³/mol. The second-order valence-electron chi connectivity index (χ2n) is 7.17. The third kappa shape index (κ3) is 3.69. The van der Waals surface area contributed by atoms with Gasteiger partial charge in [-0.2, -0.15) is 0 Å². The minimum atomic E-state index is -1.20. The summed E-state index contributed by atoms with van der Waals surface area (Å²) in [6, 6.07) is 10.2. The lowest BCUT2D eigenvalue weighted by molar-refractivity contribution is -0.0511. The molecule has 2 aromatic heterocycles. The Bertz CT molecular complexity index is 950. The fourth-order valence-electron chi connectivity index (χ4n) is 3.71. The first kappa shape index (κ1) is 19.7. The van der Waals surface area contributed by atoms with Crippen LogP contribution in [0.2, 0.25) is 0 Å². The van der Waals surface area contributed by atoms with E-state index < -0.39 is 24.5 Å². The Morgan fingerprint density at radius 2 is 1.93 bits per heavy atom. The molecule has 1 aromatic carbocycles. The van der Waals surface area contributed by atoms with Crippen molar-refractivity contribution in [3.63, 3.8) is 0 Å². The van der Waals surface area contributed by atoms with Gasteiger partial charge in [0.05, 0.1) is 19.0 Å². The van der Waals surface area contributed by atoms with Crippen molar-refractivity contribution in [2.75, 3.05) is 11.9 Å². The number of fused-ring (bicyclic) bond motifs is 1. The standard InChI is InChI=1S/C20H25N5O4/c1-2-6-13(12-7-4-3-5-8-12)24-18-15-19(22-10-21-18)25(11-23-15)20-17(28)16(27)14(9-26)29-20/h3-5,7-8,10-11,13-14,16-17,20,26-28H,2,6,9H2,1H3,(H,21,22,24)/t13?,14-,16+,17?,20-/m1/s1. The monoisotopic (exact) mass is 399 g/mol. The van der Waals surface area contributed by atoms with Crippen molar-refractivity contribution in [3.8, 4) is 0 Å². The highest BCUT2D eigenvalue weighted by Gasteiger charge is 2.44. The average molecular weight is 399 g/mol. The van der Waals surface area contributed by atoms with Crippen LogP contribution in [0, 0.1) is 0 Å². The molecular formula is C20H25N5O4. The summed E-state index contributed by atoms with van der Waals surface area (Å²) in [5.41, 5.74) is 2.17. The van der Waals surface area contributed by atoms with E-state index in [1.165, 1.54) is 12.7 Å². The Labute approximate surface area is 168 Å². The molecule has 1 saturated heterocycles. The maximum Gasteiger partial charge on any atom is 0.167 e. The number of anilines is 1. The summed E-state index contributed by atoms with van der Waals surface area (Å²) in [6.45, 7) is 1.74. The molecule has 0 saturated carbocycles. The van der Waals surface area contributed by atoms with E-state index in [9.17, 15) is 15.3 Å². The van der Waals surface area contributed by atoms with E-state index >= 15 is 0 Å². The van der Waals surface area contributed by atoms with E-state index in [0.29, 0.717) is 17.0 Å². The van der Waals surface area contributed by atoms with E-state index in [1.54, 1.807) is 4.57 Å². The van der Waals surface area contributed by atoms with Gasteiger partial charge in [0.1, 0.15) is 24.6 Å². The van der Waals surface area contributed by atoms with Crippen LogP contribution in [0.25, 0.3) is 11.2 Å². The SMILES string of the molecule is CCCC(Nc1ncnc2c1ncn2[C@@H]1O[C@H](CO)[C@H](O)C1O)c1ccccc1. The molecule has 5 atom stereocenters. The second kappa shape index (κ2) is 8.42. The average Bonchev–Trinajstić information content (AvgIpc) is 3.30. The van der Waals surface area contributed by atoms with E-state index in [2.05, 4.69) is 39.3 Å². The number of aliphatic hydroxyl groups excluding tert-OH is 3. The number of nitrogens with zero attached hydrogens (tertiary/aromatic N) is 4. The number of ether oxygens (including phenoxy) is 1. The number of rotatable bonds is 7. The lowest BCUT2D eigenvalue weighted by atomic mass is 10.0. The van der Waals surface area contributed by atoms with Crippen LogP contribution in [0.15, 0.2) is 43.0 Å². The van der Waals surface area contributed by atoms with Gasteiger partial charge in [-0.25, -0.2) is 15.0 Å². The van der Waals surface area contributed by atoms with Gasteiger partial charge in [-0.1, -0.05) is 43.7 Å². The number of hydrogen-bond donors (Lipinski definition) is 4. The lowest BCUT2D eigenvalue weighted by Gasteiger charge is -2.20. The molecule has 0 spiro atoms. The molecule has 1 aliphatic rings. The van der Waals surface area contributed by atoms with Crippen LogP contribution in [0.5, 0.6) is 0 Å². The summed E-state index contributed by atoms with van der Waals surface area (Å²) >= 11 is 0. The Kier molecular flexibility index (Phi) is 5.72. The van der Waals surface area contributed by atoms with E-state index in [-0.39, 0.29) is 12.6 Å². The van der Waals surface area contributed by atoms with Crippen molar-refractivity contribution in [2.45, 2.75) is 50.3 Å². The van der Waals surface area contributed by atoms with Gasteiger partial charge in [0.2, 0.25) is 0 Å². The third-order valence-corrected chi connectivity index (χ3v) is 5.24. The van der Waals surface area contributed by atoms with Crippen LogP contribution in [0.3, 0.4) is 0 Å². The Morgan fingerprint density at radius 1 is 1.14 bits per heavy atom. The predicted octanol–water partition coefficient (Wildman–Crippen LogP) is 1.39. The van der Waals surface area contributed by atoms with E-state index in [0.717, 1.165) is 18.4 Å². The molecule has 9 nitrogen and oxygen atoms in total. The zero-order chi connectivity index (χ0) is 20.4. The number of nitrogens with one attached hydrogen (secondary N) is 1. The zero-order valence-corrected chi connectivity index (χ0v) is 16.1. The van der Waals surface area contributed by atoms with Gasteiger partial charge in [0.25, 0.3) is 0 Å². The van der Waals surface area contributed by atoms with Crippen molar-refractivity contribution in [2.24, 2.45) is 0 Å². The second-order valence-corrected chi connectivity index (χ2v) is 7.17. The Balaban J connectivity index is 1.66. The van der Waals surface area contributed by atoms with Gasteiger partial charge in [-0.05, 0) is 12.0 Å². The van der Waals surface area contributed by atoms with Gasteiger partial charge >= 0.3 is 0 Å². The summed E-state index contributed by atoms with van der Waals surface area (Å²) < 4.78 is 7.17. The van der Waals surface area contributed by atoms with Crippen molar-refractivity contribution in [1.29, 1.82) is 0 Å². The van der Waals surface area contributed by atoms with Crippen LogP contribution in [0.1, 0.15) is 37.6 Å². The fraction of sp³-hybridized carbons (Fsp3) is 0.450. The Morgan fingerprint density at radius 3 is 2.62 bits per heavy atom. The summed E-state index contributed by atoms with van der Waals surface area (Å²) in [6.07, 6.45) is 0.708. The van der Waals surface area contributed by atoms with Crippen molar-refractivity contribution in [3.05, 3.63) is 48.5 Å². The maximum absolute atomic E-state index is 10.3. The van der Waals surface area contributed by atoms with E-state index in [1.807, 2.05) is 18.2 Å². The first-order valence-electron chi connectivity index (χ1n) is 9.75. The highest BCUT2D eigenvalue weighted by molar-refractivity contribution is 5.83. The highest BCUT2D eigenvalue weighted by atomic mass is 16.6. The number of imidazole rings is 1. The quantitative estimate of drug-likeness (QED) is 0.470. The summed E-state index contributed by atoms with van der Waals surface area (Å²) in [5.74, 6) is 0.586. The molecule has 3 aromatic rings. The minimum absolute atomic E-state index is 0.0679. The van der Waals surface area contributed by atoms with Gasteiger partial charge in [-0.3, -0.25) is 4.57 Å². The third-order valence-electron chi connectivity index (χ3n) is 5.24. The molecular weight excluding hydrogens is 374 g/mol. The molecule has 4 rings (SSSR count). The van der Waals surface area contributed by atoms with Crippen LogP contribution < -0.4 is 5.32 Å². The Hall–Kier alpha value is -2.59. The van der Waals surface area contributed by atoms with Crippen molar-refractivity contribution in [1.82, 2.24) is 19.5 Å². The van der Waals surface area contributed by atoms with Crippen LogP contribution in [-0.4, -0.2) is 59.8 Å². The van der Waals surface area contributed by atoms with Crippen LogP contribution >= 0.6 is 0 Å². The van der Waals surface area contributed by atoms with Gasteiger partial charge in [0, 0.05) is 0 Å². The number of aromatic nitrogens is 4. The topological polar surface area (TPSA) is 126 Å². The summed E-state index contributed by atoms with van der Waals surface area (Å²) in [4.78, 5) is 13.1. The summed E-state index contributed by atoms with van der Waals surface area (Å²) in [5, 5.41) is 33.2. The molecule has 4 N–H and O–H groups in total. The molecule has 3 heterocycles. The fourth-order valence-corrected chi connectivity index (χ4v) is 3.71. The zero-order valence-electron chi connectivity index (χ0n) is 16.1. The first-order valence-corrected chi connectivity index (χ1v) is 9.75. The van der Waals surface area contributed by atoms with Gasteiger partial charge in [-0.15, -0.1) is 0 Å². The van der Waals surface area contributed by atoms with Crippen LogP contribution in [-0.2, 0) is 4.74 Å². The molecule has 0 bridgehead atoms. The molecule has 0 radical (unpaired) electrons. The van der Waals surface area contributed by atoms with E-state index in [4.69, 9.17) is 4.74 Å². The highest BCUT2D eigenvalue weighted by Crippen LogP contribution is 2.33.